The van der Waals surface area contributed by atoms with Crippen LogP contribution in [0.15, 0.2) is 30.3 Å². The largest absolute Gasteiger partial charge is 0.342 e. The molecule has 2 unspecified atom stereocenters. The molecule has 1 aliphatic carbocycles. The maximum atomic E-state index is 13.3. The van der Waals surface area contributed by atoms with Crippen LogP contribution >= 0.6 is 0 Å². The Balaban J connectivity index is 1.82. The van der Waals surface area contributed by atoms with Crippen LogP contribution in [0.3, 0.4) is 0 Å². The molecule has 2 atom stereocenters. The highest BCUT2D eigenvalue weighted by molar-refractivity contribution is 5.89. The van der Waals surface area contributed by atoms with Crippen LogP contribution < -0.4 is 0 Å². The van der Waals surface area contributed by atoms with Crippen LogP contribution in [-0.4, -0.2) is 40.7 Å². The average Bonchev–Trinajstić information content (AvgIpc) is 3.25. The third kappa shape index (κ3) is 3.33. The number of hydrogen-bond donors (Lipinski definition) is 0. The minimum absolute atomic E-state index is 0.0626. The van der Waals surface area contributed by atoms with Crippen molar-refractivity contribution in [3.8, 4) is 0 Å². The van der Waals surface area contributed by atoms with Crippen LogP contribution in [0.25, 0.3) is 0 Å². The van der Waals surface area contributed by atoms with E-state index in [4.69, 9.17) is 0 Å². The zero-order valence-electron chi connectivity index (χ0n) is 14.8. The van der Waals surface area contributed by atoms with Crippen LogP contribution in [0.5, 0.6) is 0 Å². The van der Waals surface area contributed by atoms with Crippen LogP contribution in [0.2, 0.25) is 0 Å². The lowest BCUT2D eigenvalue weighted by atomic mass is 9.99. The molecular weight excluding hydrogens is 300 g/mol. The van der Waals surface area contributed by atoms with Gasteiger partial charge < -0.3 is 9.80 Å². The molecule has 3 rings (SSSR count). The third-order valence-electron chi connectivity index (χ3n) is 5.62. The van der Waals surface area contributed by atoms with E-state index in [-0.39, 0.29) is 23.8 Å². The highest BCUT2D eigenvalue weighted by atomic mass is 16.2. The molecule has 2 aliphatic rings. The predicted octanol–water partition coefficient (Wildman–Crippen LogP) is 3.39. The second kappa shape index (κ2) is 7.37. The van der Waals surface area contributed by atoms with Crippen molar-refractivity contribution in [2.24, 2.45) is 5.92 Å². The van der Waals surface area contributed by atoms with Crippen LogP contribution in [-0.2, 0) is 9.59 Å². The average molecular weight is 328 g/mol. The molecule has 0 radical (unpaired) electrons. The number of amides is 2. The van der Waals surface area contributed by atoms with Gasteiger partial charge >= 0.3 is 0 Å². The number of nitrogens with zero attached hydrogens (tertiary/aromatic N) is 2. The first kappa shape index (κ1) is 17.0. The molecule has 0 bridgehead atoms. The maximum absolute atomic E-state index is 13.3. The van der Waals surface area contributed by atoms with E-state index < -0.39 is 0 Å². The minimum atomic E-state index is -0.177. The first-order valence-electron chi connectivity index (χ1n) is 9.26. The number of carbonyl (C=O) groups excluding carboxylic acids is 2. The molecule has 4 nitrogen and oxygen atoms in total. The van der Waals surface area contributed by atoms with Gasteiger partial charge in [-0.1, -0.05) is 43.2 Å². The Hall–Kier alpha value is -1.84. The summed E-state index contributed by atoms with van der Waals surface area (Å²) in [4.78, 5) is 29.3. The molecule has 24 heavy (non-hydrogen) atoms. The maximum Gasteiger partial charge on any atom is 0.228 e. The summed E-state index contributed by atoms with van der Waals surface area (Å²) < 4.78 is 0. The fourth-order valence-electron chi connectivity index (χ4n) is 4.22. The summed E-state index contributed by atoms with van der Waals surface area (Å²) in [6, 6.07) is 10.6. The SMILES string of the molecule is CCN1CC(C(=O)N(C2CCCC2)C(C)c2ccccc2)CC1=O. The molecule has 1 aromatic rings. The molecule has 0 aromatic heterocycles. The van der Waals surface area contributed by atoms with Crippen molar-refractivity contribution < 1.29 is 9.59 Å². The Morgan fingerprint density at radius 1 is 1.25 bits per heavy atom. The second-order valence-corrected chi connectivity index (χ2v) is 7.10. The lowest BCUT2D eigenvalue weighted by molar-refractivity contribution is -0.140. The summed E-state index contributed by atoms with van der Waals surface area (Å²) in [5, 5.41) is 0. The van der Waals surface area contributed by atoms with Gasteiger partial charge in [-0.05, 0) is 32.3 Å². The first-order chi connectivity index (χ1) is 11.6. The molecule has 0 spiro atoms. The van der Waals surface area contributed by atoms with Crippen molar-refractivity contribution in [3.05, 3.63) is 35.9 Å². The monoisotopic (exact) mass is 328 g/mol. The van der Waals surface area contributed by atoms with Crippen molar-refractivity contribution >= 4 is 11.8 Å². The van der Waals surface area contributed by atoms with E-state index in [2.05, 4.69) is 24.0 Å². The third-order valence-corrected chi connectivity index (χ3v) is 5.62. The molecule has 1 aliphatic heterocycles. The molecule has 2 fully saturated rings. The molecule has 130 valence electrons. The summed E-state index contributed by atoms with van der Waals surface area (Å²) >= 11 is 0. The van der Waals surface area contributed by atoms with Crippen molar-refractivity contribution in [3.63, 3.8) is 0 Å². The Kier molecular flexibility index (Phi) is 5.22. The van der Waals surface area contributed by atoms with Crippen molar-refractivity contribution in [2.45, 2.75) is 58.0 Å². The number of hydrogen-bond acceptors (Lipinski definition) is 2. The van der Waals surface area contributed by atoms with Gasteiger partial charge in [0.2, 0.25) is 11.8 Å². The standard InChI is InChI=1S/C20H28N2O2/c1-3-21-14-17(13-19(21)23)20(24)22(18-11-7-8-12-18)15(2)16-9-5-4-6-10-16/h4-6,9-10,15,17-18H,3,7-8,11-14H2,1-2H3. The van der Waals surface area contributed by atoms with Crippen molar-refractivity contribution in [1.82, 2.24) is 9.80 Å². The second-order valence-electron chi connectivity index (χ2n) is 7.10. The zero-order chi connectivity index (χ0) is 17.1. The van der Waals surface area contributed by atoms with Gasteiger partial charge in [0.05, 0.1) is 12.0 Å². The van der Waals surface area contributed by atoms with E-state index in [1.807, 2.05) is 30.0 Å². The molecule has 2 amide bonds. The van der Waals surface area contributed by atoms with Gasteiger partial charge in [-0.3, -0.25) is 9.59 Å². The van der Waals surface area contributed by atoms with Crippen LogP contribution in [0, 0.1) is 5.92 Å². The van der Waals surface area contributed by atoms with E-state index in [1.165, 1.54) is 18.4 Å². The number of rotatable bonds is 5. The topological polar surface area (TPSA) is 40.6 Å². The summed E-state index contributed by atoms with van der Waals surface area (Å²) in [6.07, 6.45) is 4.93. The summed E-state index contributed by atoms with van der Waals surface area (Å²) in [5.41, 5.74) is 1.18. The lowest BCUT2D eigenvalue weighted by Crippen LogP contribution is -2.44. The summed E-state index contributed by atoms with van der Waals surface area (Å²) in [7, 11) is 0. The minimum Gasteiger partial charge on any atom is -0.342 e. The van der Waals surface area contributed by atoms with Crippen molar-refractivity contribution in [1.29, 1.82) is 0 Å². The molecule has 0 N–H and O–H groups in total. The zero-order valence-corrected chi connectivity index (χ0v) is 14.8. The number of carbonyl (C=O) groups is 2. The Morgan fingerprint density at radius 2 is 1.92 bits per heavy atom. The number of benzene rings is 1. The highest BCUT2D eigenvalue weighted by Crippen LogP contribution is 2.34. The molecule has 1 aromatic carbocycles. The Labute approximate surface area is 144 Å². The fraction of sp³-hybridized carbons (Fsp3) is 0.600. The first-order valence-corrected chi connectivity index (χ1v) is 9.26. The molecule has 4 heteroatoms. The normalized spacial score (nSPS) is 22.8. The smallest absolute Gasteiger partial charge is 0.228 e. The lowest BCUT2D eigenvalue weighted by Gasteiger charge is -2.36. The van der Waals surface area contributed by atoms with E-state index in [0.717, 1.165) is 12.8 Å². The molecule has 1 heterocycles. The van der Waals surface area contributed by atoms with Crippen molar-refractivity contribution in [2.75, 3.05) is 13.1 Å². The highest BCUT2D eigenvalue weighted by Gasteiger charge is 2.40. The molecule has 1 saturated carbocycles. The number of likely N-dealkylation sites (tertiary alicyclic amines) is 1. The van der Waals surface area contributed by atoms with E-state index in [1.54, 1.807) is 0 Å². The van der Waals surface area contributed by atoms with Gasteiger partial charge in [0.25, 0.3) is 0 Å². The fourth-order valence-corrected chi connectivity index (χ4v) is 4.22. The van der Waals surface area contributed by atoms with Gasteiger partial charge in [0, 0.05) is 25.6 Å². The van der Waals surface area contributed by atoms with E-state index >= 15 is 0 Å². The quantitative estimate of drug-likeness (QED) is 0.831. The Morgan fingerprint density at radius 3 is 2.50 bits per heavy atom. The predicted molar refractivity (Wildman–Crippen MR) is 94.3 cm³/mol. The summed E-state index contributed by atoms with van der Waals surface area (Å²) in [6.45, 7) is 5.38. The van der Waals surface area contributed by atoms with Gasteiger partial charge in [0.1, 0.15) is 0 Å². The van der Waals surface area contributed by atoms with E-state index in [0.29, 0.717) is 25.6 Å². The van der Waals surface area contributed by atoms with Gasteiger partial charge in [-0.2, -0.15) is 0 Å². The van der Waals surface area contributed by atoms with Crippen LogP contribution in [0.4, 0.5) is 0 Å². The van der Waals surface area contributed by atoms with Gasteiger partial charge in [0.15, 0.2) is 0 Å². The van der Waals surface area contributed by atoms with Gasteiger partial charge in [-0.25, -0.2) is 0 Å². The van der Waals surface area contributed by atoms with Gasteiger partial charge in [-0.15, -0.1) is 0 Å². The Bertz CT molecular complexity index is 581. The summed E-state index contributed by atoms with van der Waals surface area (Å²) in [5.74, 6) is 0.112. The van der Waals surface area contributed by atoms with Crippen LogP contribution in [0.1, 0.15) is 57.6 Å². The molecule has 1 saturated heterocycles. The molecular formula is C20H28N2O2. The van der Waals surface area contributed by atoms with E-state index in [9.17, 15) is 9.59 Å².